The van der Waals surface area contributed by atoms with Gasteiger partial charge in [-0.1, -0.05) is 30.3 Å². The van der Waals surface area contributed by atoms with Crippen molar-refractivity contribution in [3.8, 4) is 28.6 Å². The minimum absolute atomic E-state index is 0.0488. The summed E-state index contributed by atoms with van der Waals surface area (Å²) in [5, 5.41) is 12.2. The van der Waals surface area contributed by atoms with E-state index >= 15 is 0 Å². The van der Waals surface area contributed by atoms with Gasteiger partial charge in [0.2, 0.25) is 5.82 Å². The maximum absolute atomic E-state index is 13.0. The van der Waals surface area contributed by atoms with E-state index in [-0.39, 0.29) is 18.1 Å². The quantitative estimate of drug-likeness (QED) is 0.424. The van der Waals surface area contributed by atoms with E-state index in [2.05, 4.69) is 15.4 Å². The van der Waals surface area contributed by atoms with Crippen molar-refractivity contribution in [2.24, 2.45) is 0 Å². The van der Waals surface area contributed by atoms with Crippen molar-refractivity contribution in [1.29, 1.82) is 0 Å². The minimum atomic E-state index is -0.699. The van der Waals surface area contributed by atoms with Crippen LogP contribution in [0.25, 0.3) is 11.4 Å². The van der Waals surface area contributed by atoms with Crippen molar-refractivity contribution in [3.05, 3.63) is 84.7 Å². The Morgan fingerprint density at radius 2 is 1.55 bits per heavy atom. The van der Waals surface area contributed by atoms with Crippen molar-refractivity contribution < 1.29 is 18.7 Å². The number of hydrogen-bond acceptors (Lipinski definition) is 6. The molecule has 0 bridgehead atoms. The molecule has 31 heavy (non-hydrogen) atoms. The zero-order chi connectivity index (χ0) is 21.6. The van der Waals surface area contributed by atoms with Gasteiger partial charge in [0.05, 0.1) is 0 Å². The van der Waals surface area contributed by atoms with Crippen LogP contribution in [0.3, 0.4) is 0 Å². The third-order valence-corrected chi connectivity index (χ3v) is 4.42. The zero-order valence-corrected chi connectivity index (χ0v) is 16.7. The monoisotopic (exact) mass is 418 g/mol. The zero-order valence-electron chi connectivity index (χ0n) is 16.7. The highest BCUT2D eigenvalue weighted by Crippen LogP contribution is 2.24. The summed E-state index contributed by atoms with van der Waals surface area (Å²) in [5.41, 5.74) is 0.827. The molecule has 0 saturated heterocycles. The van der Waals surface area contributed by atoms with Crippen molar-refractivity contribution in [2.45, 2.75) is 19.6 Å². The molecule has 0 spiro atoms. The molecule has 1 heterocycles. The molecule has 0 saturated carbocycles. The van der Waals surface area contributed by atoms with Crippen LogP contribution in [0.2, 0.25) is 0 Å². The van der Waals surface area contributed by atoms with Crippen molar-refractivity contribution >= 4 is 5.78 Å². The summed E-state index contributed by atoms with van der Waals surface area (Å²) in [6.07, 6.45) is -0.699. The first-order valence-electron chi connectivity index (χ1n) is 9.63. The molecule has 0 fully saturated rings. The second-order valence-corrected chi connectivity index (χ2v) is 6.76. The Balaban J connectivity index is 1.32. The lowest BCUT2D eigenvalue weighted by atomic mass is 10.2. The molecular formula is C23H19FN4O3. The lowest BCUT2D eigenvalue weighted by Gasteiger charge is -2.13. The summed E-state index contributed by atoms with van der Waals surface area (Å²) in [6, 6.07) is 22.0. The van der Waals surface area contributed by atoms with Gasteiger partial charge in [0.1, 0.15) is 29.6 Å². The molecule has 3 aromatic carbocycles. The molecule has 0 aliphatic rings. The van der Waals surface area contributed by atoms with E-state index in [1.54, 1.807) is 43.3 Å². The Labute approximate surface area is 178 Å². The Bertz CT molecular complexity index is 1150. The number of benzene rings is 3. The molecule has 1 aromatic heterocycles. The predicted molar refractivity (Wildman–Crippen MR) is 111 cm³/mol. The Morgan fingerprint density at radius 1 is 0.935 bits per heavy atom. The van der Waals surface area contributed by atoms with Gasteiger partial charge < -0.3 is 9.47 Å². The number of tetrazole rings is 1. The van der Waals surface area contributed by atoms with Crippen molar-refractivity contribution in [1.82, 2.24) is 20.2 Å². The maximum atomic E-state index is 13.0. The fourth-order valence-corrected chi connectivity index (χ4v) is 2.78. The molecule has 4 rings (SSSR count). The molecule has 1 atom stereocenters. The summed E-state index contributed by atoms with van der Waals surface area (Å²) in [5.74, 6) is 1.55. The number of carbonyl (C=O) groups excluding carboxylic acids is 1. The van der Waals surface area contributed by atoms with E-state index in [4.69, 9.17) is 9.47 Å². The average molecular weight is 418 g/mol. The highest BCUT2D eigenvalue weighted by molar-refractivity contribution is 5.82. The van der Waals surface area contributed by atoms with Crippen LogP contribution in [0.4, 0.5) is 4.39 Å². The predicted octanol–water partition coefficient (Wildman–Crippen LogP) is 4.31. The number of nitrogens with zero attached hydrogens (tertiary/aromatic N) is 4. The molecule has 0 N–H and O–H groups in total. The van der Waals surface area contributed by atoms with Gasteiger partial charge in [-0.3, -0.25) is 4.79 Å². The number of aromatic nitrogens is 4. The third-order valence-electron chi connectivity index (χ3n) is 4.42. The molecule has 7 nitrogen and oxygen atoms in total. The molecule has 1 unspecified atom stereocenters. The number of ether oxygens (including phenoxy) is 2. The van der Waals surface area contributed by atoms with E-state index in [1.807, 2.05) is 30.3 Å². The lowest BCUT2D eigenvalue weighted by Crippen LogP contribution is -2.28. The van der Waals surface area contributed by atoms with E-state index in [0.717, 1.165) is 5.56 Å². The summed E-state index contributed by atoms with van der Waals surface area (Å²) in [6.45, 7) is 1.62. The summed E-state index contributed by atoms with van der Waals surface area (Å²) < 4.78 is 24.3. The molecular weight excluding hydrogens is 399 g/mol. The van der Waals surface area contributed by atoms with E-state index < -0.39 is 6.10 Å². The first-order valence-corrected chi connectivity index (χ1v) is 9.63. The molecule has 8 heteroatoms. The van der Waals surface area contributed by atoms with E-state index in [0.29, 0.717) is 23.1 Å². The first-order chi connectivity index (χ1) is 15.1. The molecule has 0 amide bonds. The van der Waals surface area contributed by atoms with Gasteiger partial charge in [-0.2, -0.15) is 4.80 Å². The largest absolute Gasteiger partial charge is 0.483 e. The highest BCUT2D eigenvalue weighted by atomic mass is 19.1. The molecule has 156 valence electrons. The van der Waals surface area contributed by atoms with E-state index in [9.17, 15) is 9.18 Å². The van der Waals surface area contributed by atoms with Crippen LogP contribution in [-0.4, -0.2) is 32.1 Å². The topological polar surface area (TPSA) is 79.1 Å². The molecule has 4 aromatic rings. The SMILES string of the molecule is CC(Oc1ccc(Oc2ccc(F)cc2)cc1)C(=O)Cn1nnc(-c2ccccc2)n1. The van der Waals surface area contributed by atoms with Gasteiger partial charge in [-0.15, -0.1) is 10.2 Å². The maximum Gasteiger partial charge on any atom is 0.204 e. The number of ketones is 1. The van der Waals surface area contributed by atoms with E-state index in [1.165, 1.54) is 16.9 Å². The Kier molecular flexibility index (Phi) is 5.98. The van der Waals surface area contributed by atoms with Gasteiger partial charge in [0, 0.05) is 5.56 Å². The molecule has 0 radical (unpaired) electrons. The first kappa shape index (κ1) is 20.2. The number of carbonyl (C=O) groups is 1. The fourth-order valence-electron chi connectivity index (χ4n) is 2.78. The number of hydrogen-bond donors (Lipinski definition) is 0. The minimum Gasteiger partial charge on any atom is -0.483 e. The van der Waals surface area contributed by atoms with Crippen molar-refractivity contribution in [3.63, 3.8) is 0 Å². The lowest BCUT2D eigenvalue weighted by molar-refractivity contribution is -0.126. The van der Waals surface area contributed by atoms with Crippen molar-refractivity contribution in [2.75, 3.05) is 0 Å². The Hall–Kier alpha value is -4.07. The highest BCUT2D eigenvalue weighted by Gasteiger charge is 2.17. The van der Waals surface area contributed by atoms with Crippen LogP contribution in [0.5, 0.6) is 17.2 Å². The number of Topliss-reactive ketones (excluding diaryl/α,β-unsaturated/α-hetero) is 1. The fraction of sp³-hybridized carbons (Fsp3) is 0.130. The summed E-state index contributed by atoms with van der Waals surface area (Å²) >= 11 is 0. The molecule has 0 aliphatic heterocycles. The standard InChI is InChI=1S/C23H19FN4O3/c1-16(22(29)15-28-26-23(25-27-28)17-5-3-2-4-6-17)30-19-11-13-21(14-12-19)31-20-9-7-18(24)8-10-20/h2-14,16H,15H2,1H3. The van der Waals surface area contributed by atoms with Gasteiger partial charge in [-0.05, 0) is 60.7 Å². The van der Waals surface area contributed by atoms with Crippen LogP contribution < -0.4 is 9.47 Å². The average Bonchev–Trinajstić information content (AvgIpc) is 3.26. The normalized spacial score (nSPS) is 11.7. The van der Waals surface area contributed by atoms with Gasteiger partial charge in [-0.25, -0.2) is 4.39 Å². The van der Waals surface area contributed by atoms with Crippen LogP contribution >= 0.6 is 0 Å². The van der Waals surface area contributed by atoms with Gasteiger partial charge in [0.15, 0.2) is 11.9 Å². The molecule has 0 aliphatic carbocycles. The van der Waals surface area contributed by atoms with Crippen LogP contribution in [0.1, 0.15) is 6.92 Å². The third kappa shape index (κ3) is 5.30. The summed E-state index contributed by atoms with van der Waals surface area (Å²) in [4.78, 5) is 13.7. The summed E-state index contributed by atoms with van der Waals surface area (Å²) in [7, 11) is 0. The number of halogens is 1. The van der Waals surface area contributed by atoms with Crippen LogP contribution in [0.15, 0.2) is 78.9 Å². The van der Waals surface area contributed by atoms with Crippen LogP contribution in [-0.2, 0) is 11.3 Å². The number of rotatable bonds is 8. The second-order valence-electron chi connectivity index (χ2n) is 6.76. The smallest absolute Gasteiger partial charge is 0.204 e. The van der Waals surface area contributed by atoms with Crippen LogP contribution in [0, 0.1) is 5.82 Å². The second kappa shape index (κ2) is 9.17. The van der Waals surface area contributed by atoms with Gasteiger partial charge >= 0.3 is 0 Å². The Morgan fingerprint density at radius 3 is 2.23 bits per heavy atom. The van der Waals surface area contributed by atoms with Gasteiger partial charge in [0.25, 0.3) is 0 Å².